The molecule has 5 heteroatoms. The van der Waals surface area contributed by atoms with E-state index in [0.29, 0.717) is 0 Å². The first-order chi connectivity index (χ1) is 5.46. The molecule has 0 heterocycles. The summed E-state index contributed by atoms with van der Waals surface area (Å²) in [6.45, 7) is 1.37. The van der Waals surface area contributed by atoms with Crippen molar-refractivity contribution in [3.63, 3.8) is 0 Å². The van der Waals surface area contributed by atoms with Gasteiger partial charge in [-0.3, -0.25) is 9.59 Å². The number of aliphatic hydroxyl groups is 1. The summed E-state index contributed by atoms with van der Waals surface area (Å²) >= 11 is 10.8. The number of rotatable bonds is 0. The van der Waals surface area contributed by atoms with Gasteiger partial charge in [-0.05, 0) is 6.92 Å². The summed E-state index contributed by atoms with van der Waals surface area (Å²) in [7, 11) is 0. The van der Waals surface area contributed by atoms with Crippen molar-refractivity contribution >= 4 is 34.8 Å². The molecule has 1 N–H and O–H groups in total. The number of aliphatic hydroxyl groups excluding tert-OH is 1. The van der Waals surface area contributed by atoms with Crippen molar-refractivity contribution in [3.8, 4) is 0 Å². The maximum atomic E-state index is 11.0. The van der Waals surface area contributed by atoms with Crippen LogP contribution in [0.15, 0.2) is 21.4 Å². The van der Waals surface area contributed by atoms with Crippen molar-refractivity contribution in [3.05, 3.63) is 21.4 Å². The van der Waals surface area contributed by atoms with Gasteiger partial charge in [-0.2, -0.15) is 0 Å². The maximum Gasteiger partial charge on any atom is 0.240 e. The van der Waals surface area contributed by atoms with Gasteiger partial charge in [0.25, 0.3) is 0 Å². The highest BCUT2D eigenvalue weighted by Crippen LogP contribution is 2.27. The fourth-order valence-electron chi connectivity index (χ4n) is 0.746. The van der Waals surface area contributed by atoms with Crippen LogP contribution in [0.1, 0.15) is 6.92 Å². The second kappa shape index (κ2) is 2.92. The second-order valence-electron chi connectivity index (χ2n) is 2.26. The van der Waals surface area contributed by atoms with E-state index in [4.69, 9.17) is 28.3 Å². The Hall–Kier alpha value is -0.800. The summed E-state index contributed by atoms with van der Waals surface area (Å²) in [5.41, 5.74) is 0.0597. The van der Waals surface area contributed by atoms with Gasteiger partial charge in [-0.1, -0.05) is 23.2 Å². The summed E-state index contributed by atoms with van der Waals surface area (Å²) in [4.78, 5) is 22.0. The minimum Gasteiger partial charge on any atom is -0.503 e. The fourth-order valence-corrected chi connectivity index (χ4v) is 1.15. The van der Waals surface area contributed by atoms with Crippen LogP contribution in [0.5, 0.6) is 0 Å². The van der Waals surface area contributed by atoms with Crippen molar-refractivity contribution in [2.75, 3.05) is 0 Å². The second-order valence-corrected chi connectivity index (χ2v) is 3.02. The predicted molar refractivity (Wildman–Crippen MR) is 44.1 cm³/mol. The number of ketones is 2. The number of allylic oxidation sites excluding steroid dienone is 3. The fraction of sp³-hybridized carbons (Fsp3) is 0.143. The van der Waals surface area contributed by atoms with Gasteiger partial charge in [-0.15, -0.1) is 0 Å². The Morgan fingerprint density at radius 1 is 1.08 bits per heavy atom. The molecule has 0 atom stereocenters. The molecule has 0 fully saturated rings. The van der Waals surface area contributed by atoms with Crippen LogP contribution < -0.4 is 0 Å². The predicted octanol–water partition coefficient (Wildman–Crippen LogP) is 1.66. The van der Waals surface area contributed by atoms with Crippen molar-refractivity contribution in [1.29, 1.82) is 0 Å². The molecule has 0 bridgehead atoms. The molecule has 0 radical (unpaired) electrons. The first kappa shape index (κ1) is 9.29. The minimum absolute atomic E-state index is 0.0597. The number of carbonyl (C=O) groups is 2. The number of halogens is 2. The third kappa shape index (κ3) is 1.15. The van der Waals surface area contributed by atoms with Crippen LogP contribution in [0, 0.1) is 0 Å². The molecule has 0 saturated heterocycles. The smallest absolute Gasteiger partial charge is 0.240 e. The molecule has 0 amide bonds. The number of carbonyl (C=O) groups excluding carboxylic acids is 2. The Kier molecular flexibility index (Phi) is 2.26. The molecule has 0 aliphatic heterocycles. The Balaban J connectivity index is 3.32. The molecule has 1 aliphatic carbocycles. The van der Waals surface area contributed by atoms with Crippen molar-refractivity contribution in [1.82, 2.24) is 0 Å². The molecule has 1 aliphatic rings. The molecule has 0 aromatic rings. The van der Waals surface area contributed by atoms with Crippen molar-refractivity contribution in [2.24, 2.45) is 0 Å². The lowest BCUT2D eigenvalue weighted by Crippen LogP contribution is -2.18. The molecular weight excluding hydrogens is 203 g/mol. The van der Waals surface area contributed by atoms with Crippen LogP contribution in [0.4, 0.5) is 0 Å². The van der Waals surface area contributed by atoms with E-state index in [1.165, 1.54) is 6.92 Å². The first-order valence-corrected chi connectivity index (χ1v) is 3.77. The van der Waals surface area contributed by atoms with Gasteiger partial charge < -0.3 is 5.11 Å². The van der Waals surface area contributed by atoms with Crippen LogP contribution in [0.3, 0.4) is 0 Å². The van der Waals surface area contributed by atoms with Gasteiger partial charge in [0.1, 0.15) is 5.03 Å². The lowest BCUT2D eigenvalue weighted by molar-refractivity contribution is -0.117. The molecule has 12 heavy (non-hydrogen) atoms. The van der Waals surface area contributed by atoms with Gasteiger partial charge in [0.05, 0.1) is 5.03 Å². The maximum absolute atomic E-state index is 11.0. The van der Waals surface area contributed by atoms with Gasteiger partial charge in [0.2, 0.25) is 11.6 Å². The van der Waals surface area contributed by atoms with E-state index >= 15 is 0 Å². The zero-order valence-corrected chi connectivity index (χ0v) is 7.53. The number of hydrogen-bond acceptors (Lipinski definition) is 3. The molecule has 64 valence electrons. The zero-order valence-electron chi connectivity index (χ0n) is 6.02. The zero-order chi connectivity index (χ0) is 9.46. The molecule has 0 unspecified atom stereocenters. The minimum atomic E-state index is -0.807. The Labute approximate surface area is 78.3 Å². The average molecular weight is 207 g/mol. The van der Waals surface area contributed by atoms with Crippen LogP contribution in [-0.4, -0.2) is 16.7 Å². The van der Waals surface area contributed by atoms with E-state index in [1.54, 1.807) is 0 Å². The lowest BCUT2D eigenvalue weighted by Gasteiger charge is -2.10. The molecule has 0 aromatic carbocycles. The normalized spacial score (nSPS) is 19.2. The first-order valence-electron chi connectivity index (χ1n) is 3.01. The molecule has 0 aromatic heterocycles. The number of hydrogen-bond donors (Lipinski definition) is 1. The lowest BCUT2D eigenvalue weighted by atomic mass is 10.0. The van der Waals surface area contributed by atoms with E-state index in [-0.39, 0.29) is 10.6 Å². The molecule has 1 rings (SSSR count). The molecular formula is C7H4Cl2O3. The highest BCUT2D eigenvalue weighted by atomic mass is 35.5. The summed E-state index contributed by atoms with van der Waals surface area (Å²) in [6.07, 6.45) is 0. The molecule has 0 spiro atoms. The van der Waals surface area contributed by atoms with Crippen LogP contribution in [0.25, 0.3) is 0 Å². The van der Waals surface area contributed by atoms with Crippen LogP contribution in [-0.2, 0) is 9.59 Å². The van der Waals surface area contributed by atoms with Crippen LogP contribution >= 0.6 is 23.2 Å². The summed E-state index contributed by atoms with van der Waals surface area (Å²) in [5, 5.41) is 8.22. The van der Waals surface area contributed by atoms with Crippen molar-refractivity contribution < 1.29 is 14.7 Å². The van der Waals surface area contributed by atoms with Gasteiger partial charge >= 0.3 is 0 Å². The van der Waals surface area contributed by atoms with Gasteiger partial charge in [0, 0.05) is 5.57 Å². The van der Waals surface area contributed by atoms with Crippen LogP contribution in [0.2, 0.25) is 0 Å². The van der Waals surface area contributed by atoms with E-state index in [1.807, 2.05) is 0 Å². The van der Waals surface area contributed by atoms with Gasteiger partial charge in [0.15, 0.2) is 5.76 Å². The average Bonchev–Trinajstić information content (AvgIpc) is 2.08. The number of Topliss-reactive ketones (excluding diaryl/α,β-unsaturated/α-hetero) is 2. The monoisotopic (exact) mass is 206 g/mol. The Bertz CT molecular complexity index is 277. The third-order valence-electron chi connectivity index (χ3n) is 1.49. The highest BCUT2D eigenvalue weighted by Gasteiger charge is 2.30. The summed E-state index contributed by atoms with van der Waals surface area (Å²) in [5.74, 6) is -2.20. The molecule has 0 saturated carbocycles. The summed E-state index contributed by atoms with van der Waals surface area (Å²) in [6, 6.07) is 0. The topological polar surface area (TPSA) is 54.4 Å². The molecule has 3 nitrogen and oxygen atoms in total. The van der Waals surface area contributed by atoms with Crippen molar-refractivity contribution in [2.45, 2.75) is 6.92 Å². The largest absolute Gasteiger partial charge is 0.503 e. The summed E-state index contributed by atoms with van der Waals surface area (Å²) < 4.78 is 0. The van der Waals surface area contributed by atoms with E-state index < -0.39 is 22.4 Å². The van der Waals surface area contributed by atoms with E-state index in [0.717, 1.165) is 0 Å². The Morgan fingerprint density at radius 3 is 2.08 bits per heavy atom. The Morgan fingerprint density at radius 2 is 1.58 bits per heavy atom. The third-order valence-corrected chi connectivity index (χ3v) is 2.30. The van der Waals surface area contributed by atoms with E-state index in [2.05, 4.69) is 0 Å². The van der Waals surface area contributed by atoms with E-state index in [9.17, 15) is 9.59 Å². The quantitative estimate of drug-likeness (QED) is 0.614. The SMILES string of the molecule is CC1=C(Cl)C(=O)C(O)=C(Cl)C1=O. The standard InChI is InChI=1S/C7H4Cl2O3/c1-2-3(8)6(11)7(12)4(9)5(2)10/h12H,1H3. The highest BCUT2D eigenvalue weighted by molar-refractivity contribution is 6.55. The van der Waals surface area contributed by atoms with Gasteiger partial charge in [-0.25, -0.2) is 0 Å².